The highest BCUT2D eigenvalue weighted by Crippen LogP contribution is 2.29. The molecule has 4 nitrogen and oxygen atoms in total. The Kier molecular flexibility index (Phi) is 3.04. The number of hydrogen-bond acceptors (Lipinski definition) is 3. The van der Waals surface area contributed by atoms with Crippen LogP contribution in [0.3, 0.4) is 0 Å². The number of methoxy groups -OCH3 is 1. The van der Waals surface area contributed by atoms with Gasteiger partial charge in [-0.1, -0.05) is 0 Å². The Hall–Kier alpha value is -2.57. The van der Waals surface area contributed by atoms with Gasteiger partial charge in [-0.15, -0.1) is 0 Å². The number of fused-ring (bicyclic) bond motifs is 1. The van der Waals surface area contributed by atoms with Gasteiger partial charge in [0.25, 0.3) is 0 Å². The molecule has 0 aliphatic carbocycles. The molecular weight excluding hydrogens is 283 g/mol. The van der Waals surface area contributed by atoms with Crippen LogP contribution in [0.15, 0.2) is 42.7 Å². The minimum atomic E-state index is -4.48. The van der Waals surface area contributed by atoms with E-state index >= 15 is 0 Å². The van der Waals surface area contributed by atoms with E-state index in [9.17, 15) is 13.2 Å². The monoisotopic (exact) mass is 293 g/mol. The van der Waals surface area contributed by atoms with Crippen LogP contribution in [-0.2, 0) is 6.18 Å². The van der Waals surface area contributed by atoms with E-state index in [1.165, 1.54) is 16.8 Å². The van der Waals surface area contributed by atoms with Crippen LogP contribution < -0.4 is 4.74 Å². The molecule has 0 aliphatic rings. The Bertz CT molecular complexity index is 778. The van der Waals surface area contributed by atoms with Gasteiger partial charge in [-0.25, -0.2) is 9.97 Å². The maximum atomic E-state index is 12.6. The zero-order valence-electron chi connectivity index (χ0n) is 10.9. The Balaban J connectivity index is 2.07. The standard InChI is InChI=1S/C14H10F3N3O/c1-21-10-4-2-9(3-5-10)11-8-18-13-19-12(14(15,16)17)6-7-20(11)13/h2-8H,1H3. The number of rotatable bonds is 2. The molecule has 0 N–H and O–H groups in total. The lowest BCUT2D eigenvalue weighted by molar-refractivity contribution is -0.141. The molecule has 108 valence electrons. The lowest BCUT2D eigenvalue weighted by Crippen LogP contribution is -2.09. The van der Waals surface area contributed by atoms with Crippen LogP contribution >= 0.6 is 0 Å². The van der Waals surface area contributed by atoms with Gasteiger partial charge in [0.15, 0.2) is 0 Å². The molecule has 0 fully saturated rings. The van der Waals surface area contributed by atoms with Crippen molar-refractivity contribution >= 4 is 5.78 Å². The van der Waals surface area contributed by atoms with Gasteiger partial charge in [0, 0.05) is 11.8 Å². The molecule has 0 aliphatic heterocycles. The van der Waals surface area contributed by atoms with Crippen molar-refractivity contribution in [2.45, 2.75) is 6.18 Å². The normalized spacial score (nSPS) is 11.8. The smallest absolute Gasteiger partial charge is 0.433 e. The van der Waals surface area contributed by atoms with E-state index in [0.717, 1.165) is 11.6 Å². The van der Waals surface area contributed by atoms with E-state index in [0.29, 0.717) is 11.4 Å². The third kappa shape index (κ3) is 2.42. The number of ether oxygens (including phenoxy) is 1. The maximum Gasteiger partial charge on any atom is 0.433 e. The van der Waals surface area contributed by atoms with E-state index in [4.69, 9.17) is 4.74 Å². The first-order chi connectivity index (χ1) is 9.99. The molecule has 0 bridgehead atoms. The lowest BCUT2D eigenvalue weighted by Gasteiger charge is -2.07. The molecule has 3 aromatic rings. The summed E-state index contributed by atoms with van der Waals surface area (Å²) < 4.78 is 44.4. The number of aromatic nitrogens is 3. The van der Waals surface area contributed by atoms with Gasteiger partial charge in [0.05, 0.1) is 19.0 Å². The molecule has 7 heteroatoms. The van der Waals surface area contributed by atoms with Gasteiger partial charge in [0.1, 0.15) is 11.4 Å². The fourth-order valence-electron chi connectivity index (χ4n) is 2.00. The van der Waals surface area contributed by atoms with Gasteiger partial charge in [-0.05, 0) is 30.3 Å². The highest BCUT2D eigenvalue weighted by molar-refractivity contribution is 5.63. The zero-order chi connectivity index (χ0) is 15.0. The number of benzene rings is 1. The second-order valence-corrected chi connectivity index (χ2v) is 4.35. The van der Waals surface area contributed by atoms with Gasteiger partial charge >= 0.3 is 6.18 Å². The van der Waals surface area contributed by atoms with Crippen molar-refractivity contribution < 1.29 is 17.9 Å². The zero-order valence-corrected chi connectivity index (χ0v) is 10.9. The fraction of sp³-hybridized carbons (Fsp3) is 0.143. The second kappa shape index (κ2) is 4.76. The van der Waals surface area contributed by atoms with E-state index in [1.54, 1.807) is 31.4 Å². The molecule has 21 heavy (non-hydrogen) atoms. The minimum absolute atomic E-state index is 0.00985. The van der Waals surface area contributed by atoms with E-state index in [2.05, 4.69) is 9.97 Å². The van der Waals surface area contributed by atoms with Crippen LogP contribution in [0, 0.1) is 0 Å². The molecule has 2 heterocycles. The number of nitrogens with zero attached hydrogens (tertiary/aromatic N) is 3. The largest absolute Gasteiger partial charge is 0.497 e. The van der Waals surface area contributed by atoms with Crippen molar-refractivity contribution in [3.8, 4) is 17.0 Å². The number of hydrogen-bond donors (Lipinski definition) is 0. The molecule has 0 saturated carbocycles. The van der Waals surface area contributed by atoms with Gasteiger partial charge in [-0.2, -0.15) is 13.2 Å². The molecule has 0 unspecified atom stereocenters. The Morgan fingerprint density at radius 2 is 1.81 bits per heavy atom. The molecule has 0 saturated heterocycles. The predicted octanol–water partition coefficient (Wildman–Crippen LogP) is 3.42. The summed E-state index contributed by atoms with van der Waals surface area (Å²) in [7, 11) is 1.56. The van der Waals surface area contributed by atoms with Crippen LogP contribution in [0.4, 0.5) is 13.2 Å². The van der Waals surface area contributed by atoms with Crippen molar-refractivity contribution in [2.75, 3.05) is 7.11 Å². The molecule has 0 amide bonds. The fourth-order valence-corrected chi connectivity index (χ4v) is 2.00. The Morgan fingerprint density at radius 1 is 1.10 bits per heavy atom. The quantitative estimate of drug-likeness (QED) is 0.726. The third-order valence-corrected chi connectivity index (χ3v) is 3.06. The molecule has 3 rings (SSSR count). The summed E-state index contributed by atoms with van der Waals surface area (Å²) in [5.41, 5.74) is 0.514. The highest BCUT2D eigenvalue weighted by atomic mass is 19.4. The van der Waals surface area contributed by atoms with Crippen LogP contribution in [0.1, 0.15) is 5.69 Å². The molecule has 0 spiro atoms. The first kappa shape index (κ1) is 13.4. The minimum Gasteiger partial charge on any atom is -0.497 e. The van der Waals surface area contributed by atoms with Gasteiger partial charge < -0.3 is 4.74 Å². The molecular formula is C14H10F3N3O. The summed E-state index contributed by atoms with van der Waals surface area (Å²) in [6, 6.07) is 8.08. The summed E-state index contributed by atoms with van der Waals surface area (Å²) in [4.78, 5) is 7.46. The average Bonchev–Trinajstić information content (AvgIpc) is 2.89. The molecule has 1 aromatic carbocycles. The van der Waals surface area contributed by atoms with Crippen molar-refractivity contribution in [1.29, 1.82) is 0 Å². The first-order valence-electron chi connectivity index (χ1n) is 6.05. The van der Waals surface area contributed by atoms with Gasteiger partial charge in [-0.3, -0.25) is 4.40 Å². The summed E-state index contributed by atoms with van der Waals surface area (Å²) in [5, 5.41) is 0. The third-order valence-electron chi connectivity index (χ3n) is 3.06. The summed E-state index contributed by atoms with van der Waals surface area (Å²) in [6.45, 7) is 0. The number of halogens is 3. The van der Waals surface area contributed by atoms with Crippen LogP contribution in [0.2, 0.25) is 0 Å². The van der Waals surface area contributed by atoms with Gasteiger partial charge in [0.2, 0.25) is 5.78 Å². The summed E-state index contributed by atoms with van der Waals surface area (Å²) in [6.07, 6.45) is -1.67. The maximum absolute atomic E-state index is 12.6. The van der Waals surface area contributed by atoms with Crippen LogP contribution in [-0.4, -0.2) is 21.5 Å². The molecule has 2 aromatic heterocycles. The highest BCUT2D eigenvalue weighted by Gasteiger charge is 2.32. The van der Waals surface area contributed by atoms with Crippen molar-refractivity contribution in [1.82, 2.24) is 14.4 Å². The van der Waals surface area contributed by atoms with Crippen LogP contribution in [0.5, 0.6) is 5.75 Å². The van der Waals surface area contributed by atoms with Crippen molar-refractivity contribution in [2.24, 2.45) is 0 Å². The number of alkyl halides is 3. The Morgan fingerprint density at radius 3 is 2.43 bits per heavy atom. The second-order valence-electron chi connectivity index (χ2n) is 4.35. The lowest BCUT2D eigenvalue weighted by atomic mass is 10.1. The van der Waals surface area contributed by atoms with Crippen molar-refractivity contribution in [3.05, 3.63) is 48.4 Å². The van der Waals surface area contributed by atoms with E-state index in [1.807, 2.05) is 0 Å². The van der Waals surface area contributed by atoms with E-state index in [-0.39, 0.29) is 5.78 Å². The molecule has 0 radical (unpaired) electrons. The first-order valence-corrected chi connectivity index (χ1v) is 6.05. The van der Waals surface area contributed by atoms with Crippen LogP contribution in [0.25, 0.3) is 17.0 Å². The Labute approximate surface area is 117 Å². The average molecular weight is 293 g/mol. The SMILES string of the molecule is COc1ccc(-c2cnc3nc(C(F)(F)F)ccn23)cc1. The topological polar surface area (TPSA) is 39.4 Å². The summed E-state index contributed by atoms with van der Waals surface area (Å²) in [5.74, 6) is 0.709. The molecule has 0 atom stereocenters. The number of imidazole rings is 1. The predicted molar refractivity (Wildman–Crippen MR) is 70.0 cm³/mol. The summed E-state index contributed by atoms with van der Waals surface area (Å²) >= 11 is 0. The van der Waals surface area contributed by atoms with Crippen molar-refractivity contribution in [3.63, 3.8) is 0 Å². The van der Waals surface area contributed by atoms with E-state index < -0.39 is 11.9 Å².